The van der Waals surface area contributed by atoms with E-state index in [9.17, 15) is 0 Å². The van der Waals surface area contributed by atoms with Gasteiger partial charge >= 0.3 is 0 Å². The van der Waals surface area contributed by atoms with Gasteiger partial charge in [0, 0.05) is 11.1 Å². The molecule has 0 N–H and O–H groups in total. The normalized spacial score (nSPS) is 8.12. The van der Waals surface area contributed by atoms with Crippen molar-refractivity contribution >= 4 is 24.2 Å². The zero-order chi connectivity index (χ0) is 5.11. The van der Waals surface area contributed by atoms with Gasteiger partial charge < -0.3 is 0 Å². The second-order valence-electron chi connectivity index (χ2n) is 1.05. The van der Waals surface area contributed by atoms with Crippen LogP contribution in [0, 0.1) is 0 Å². The molecular formula is C4H8N2S2. The number of nitrogens with zero attached hydrogens (tertiary/aromatic N) is 2. The van der Waals surface area contributed by atoms with Crippen molar-refractivity contribution in [3.63, 3.8) is 0 Å². The number of hydrogen-bond acceptors (Lipinski definition) is 4. The lowest BCUT2D eigenvalue weighted by Crippen LogP contribution is -1.73. The van der Waals surface area contributed by atoms with Crippen molar-refractivity contribution in [2.75, 3.05) is 0 Å². The molecule has 0 unspecified atom stereocenters. The quantitative estimate of drug-likeness (QED) is 0.612. The van der Waals surface area contributed by atoms with Gasteiger partial charge in [-0.05, 0) is 11.5 Å². The molecule has 0 atom stereocenters. The summed E-state index contributed by atoms with van der Waals surface area (Å²) in [5.41, 5.74) is 0.952. The van der Waals surface area contributed by atoms with Crippen molar-refractivity contribution in [1.29, 1.82) is 0 Å². The maximum Gasteiger partial charge on any atom is 0.0851 e. The highest BCUT2D eigenvalue weighted by Gasteiger charge is 1.86. The van der Waals surface area contributed by atoms with Crippen molar-refractivity contribution in [3.05, 3.63) is 11.1 Å². The lowest BCUT2D eigenvalue weighted by atomic mass is 10.6. The summed E-state index contributed by atoms with van der Waals surface area (Å²) in [6, 6.07) is 0. The van der Waals surface area contributed by atoms with Gasteiger partial charge in [0.1, 0.15) is 0 Å². The maximum absolute atomic E-state index is 3.98. The van der Waals surface area contributed by atoms with Crippen molar-refractivity contribution in [2.45, 2.75) is 13.2 Å². The van der Waals surface area contributed by atoms with E-state index < -0.39 is 0 Å². The van der Waals surface area contributed by atoms with E-state index in [2.05, 4.69) is 22.2 Å². The summed E-state index contributed by atoms with van der Waals surface area (Å²) in [4.78, 5) is 0. The summed E-state index contributed by atoms with van der Waals surface area (Å²) in [6.07, 6.45) is 0. The van der Waals surface area contributed by atoms with Gasteiger partial charge in [-0.1, -0.05) is 11.9 Å². The van der Waals surface area contributed by atoms with E-state index in [-0.39, 0.29) is 7.43 Å². The highest BCUT2D eigenvalue weighted by molar-refractivity contribution is 7.79. The minimum atomic E-state index is 0. The molecule has 2 nitrogen and oxygen atoms in total. The molecule has 0 aliphatic carbocycles. The fraction of sp³-hybridized carbons (Fsp3) is 0.500. The van der Waals surface area contributed by atoms with Gasteiger partial charge in [-0.3, -0.25) is 0 Å². The van der Waals surface area contributed by atoms with Gasteiger partial charge in [0.15, 0.2) is 0 Å². The van der Waals surface area contributed by atoms with Crippen molar-refractivity contribution in [3.8, 4) is 0 Å². The van der Waals surface area contributed by atoms with E-state index in [1.165, 1.54) is 11.5 Å². The molecule has 4 heteroatoms. The Hall–Kier alpha value is -0.0900. The SMILES string of the molecule is C.SCc1csnn1. The summed E-state index contributed by atoms with van der Waals surface area (Å²) < 4.78 is 3.64. The van der Waals surface area contributed by atoms with Crippen LogP contribution in [0.5, 0.6) is 0 Å². The molecule has 0 radical (unpaired) electrons. The number of rotatable bonds is 1. The van der Waals surface area contributed by atoms with Gasteiger partial charge in [0.05, 0.1) is 5.69 Å². The molecule has 1 heterocycles. The van der Waals surface area contributed by atoms with E-state index in [1.54, 1.807) is 0 Å². The Morgan fingerprint density at radius 1 is 1.75 bits per heavy atom. The molecule has 1 rings (SSSR count). The van der Waals surface area contributed by atoms with Crippen LogP contribution in [0.25, 0.3) is 0 Å². The smallest absolute Gasteiger partial charge is 0.0851 e. The molecular weight excluding hydrogens is 140 g/mol. The average Bonchev–Trinajstić information content (AvgIpc) is 2.14. The first-order chi connectivity index (χ1) is 3.43. The van der Waals surface area contributed by atoms with Crippen LogP contribution in [0.1, 0.15) is 13.1 Å². The standard InChI is InChI=1S/C3H4N2S2.CH4/c6-1-3-2-7-5-4-3;/h2,6H,1H2;1H4. The third-order valence-electron chi connectivity index (χ3n) is 0.567. The summed E-state index contributed by atoms with van der Waals surface area (Å²) >= 11 is 5.33. The third-order valence-corrected chi connectivity index (χ3v) is 1.44. The van der Waals surface area contributed by atoms with Gasteiger partial charge in [-0.15, -0.1) is 5.10 Å². The summed E-state index contributed by atoms with van der Waals surface area (Å²) in [6.45, 7) is 0. The Morgan fingerprint density at radius 2 is 2.50 bits per heavy atom. The predicted molar refractivity (Wildman–Crippen MR) is 39.3 cm³/mol. The van der Waals surface area contributed by atoms with E-state index in [0.717, 1.165) is 5.69 Å². The maximum atomic E-state index is 3.98. The lowest BCUT2D eigenvalue weighted by Gasteiger charge is -1.74. The second-order valence-corrected chi connectivity index (χ2v) is 1.98. The second kappa shape index (κ2) is 3.86. The Bertz CT molecular complexity index is 127. The molecule has 0 aromatic carbocycles. The van der Waals surface area contributed by atoms with Gasteiger partial charge in [-0.2, -0.15) is 12.6 Å². The van der Waals surface area contributed by atoms with Crippen LogP contribution in [0.2, 0.25) is 0 Å². The molecule has 0 aliphatic heterocycles. The third kappa shape index (κ3) is 1.79. The molecule has 0 amide bonds. The van der Waals surface area contributed by atoms with Crippen LogP contribution in [0.4, 0.5) is 0 Å². The molecule has 1 aromatic heterocycles. The zero-order valence-electron chi connectivity index (χ0n) is 3.53. The summed E-state index contributed by atoms with van der Waals surface area (Å²) in [7, 11) is 0. The van der Waals surface area contributed by atoms with Crippen molar-refractivity contribution in [2.24, 2.45) is 0 Å². The van der Waals surface area contributed by atoms with Gasteiger partial charge in [0.25, 0.3) is 0 Å². The van der Waals surface area contributed by atoms with Crippen LogP contribution < -0.4 is 0 Å². The Balaban J connectivity index is 0.000000490. The molecule has 0 bridgehead atoms. The number of hydrogen-bond donors (Lipinski definition) is 1. The average molecular weight is 148 g/mol. The largest absolute Gasteiger partial charge is 0.173 e. The first-order valence-electron chi connectivity index (χ1n) is 1.80. The summed E-state index contributed by atoms with van der Waals surface area (Å²) in [5.74, 6) is 0.691. The van der Waals surface area contributed by atoms with Crippen LogP contribution in [0.15, 0.2) is 5.38 Å². The minimum Gasteiger partial charge on any atom is -0.173 e. The molecule has 0 saturated heterocycles. The zero-order valence-corrected chi connectivity index (χ0v) is 5.25. The van der Waals surface area contributed by atoms with Crippen LogP contribution in [-0.2, 0) is 5.75 Å². The molecule has 1 aromatic rings. The molecule has 0 aliphatic rings. The molecule has 0 fully saturated rings. The monoisotopic (exact) mass is 148 g/mol. The molecule has 46 valence electrons. The van der Waals surface area contributed by atoms with Crippen LogP contribution >= 0.6 is 24.2 Å². The highest BCUT2D eigenvalue weighted by Crippen LogP contribution is 1.98. The number of thiol groups is 1. The Kier molecular flexibility index (Phi) is 3.81. The van der Waals surface area contributed by atoms with Crippen LogP contribution in [0.3, 0.4) is 0 Å². The first-order valence-corrected chi connectivity index (χ1v) is 3.27. The first kappa shape index (κ1) is 7.91. The van der Waals surface area contributed by atoms with Crippen LogP contribution in [-0.4, -0.2) is 9.59 Å². The highest BCUT2D eigenvalue weighted by atomic mass is 32.1. The minimum absolute atomic E-state index is 0. The topological polar surface area (TPSA) is 25.8 Å². The summed E-state index contributed by atoms with van der Waals surface area (Å²) in [5, 5.41) is 5.61. The predicted octanol–water partition coefficient (Wildman–Crippen LogP) is 1.60. The van der Waals surface area contributed by atoms with E-state index in [4.69, 9.17) is 0 Å². The Morgan fingerprint density at radius 3 is 2.75 bits per heavy atom. The van der Waals surface area contributed by atoms with E-state index in [0.29, 0.717) is 5.75 Å². The number of aromatic nitrogens is 2. The van der Waals surface area contributed by atoms with Crippen molar-refractivity contribution in [1.82, 2.24) is 9.59 Å². The van der Waals surface area contributed by atoms with Crippen molar-refractivity contribution < 1.29 is 0 Å². The van der Waals surface area contributed by atoms with Gasteiger partial charge in [0.2, 0.25) is 0 Å². The van der Waals surface area contributed by atoms with Gasteiger partial charge in [-0.25, -0.2) is 0 Å². The fourth-order valence-corrected chi connectivity index (χ4v) is 0.982. The molecule has 0 spiro atoms. The lowest BCUT2D eigenvalue weighted by molar-refractivity contribution is 1.08. The van der Waals surface area contributed by atoms with E-state index in [1.807, 2.05) is 5.38 Å². The Labute approximate surface area is 58.5 Å². The fourth-order valence-electron chi connectivity index (χ4n) is 0.253. The van der Waals surface area contributed by atoms with E-state index >= 15 is 0 Å². The molecule has 8 heavy (non-hydrogen) atoms. The molecule has 0 saturated carbocycles.